The molecule has 0 spiro atoms. The van der Waals surface area contributed by atoms with Gasteiger partial charge in [-0.1, -0.05) is 0 Å². The number of hydrogen-bond acceptors (Lipinski definition) is 3. The molecule has 1 aliphatic heterocycles. The van der Waals surface area contributed by atoms with Crippen molar-refractivity contribution in [2.75, 3.05) is 6.54 Å². The first-order valence-electron chi connectivity index (χ1n) is 4.71. The number of hydrogen-bond donors (Lipinski definition) is 1. The molecule has 0 bridgehead atoms. The van der Waals surface area contributed by atoms with E-state index in [0.717, 1.165) is 19.5 Å². The van der Waals surface area contributed by atoms with Crippen LogP contribution in [-0.2, 0) is 6.54 Å². The first kappa shape index (κ1) is 9.58. The van der Waals surface area contributed by atoms with Crippen LogP contribution in [0.25, 0.3) is 0 Å². The average Bonchev–Trinajstić information content (AvgIpc) is 2.53. The smallest absolute Gasteiger partial charge is 0.273 e. The van der Waals surface area contributed by atoms with Gasteiger partial charge >= 0.3 is 0 Å². The molecule has 0 saturated heterocycles. The highest BCUT2D eigenvalue weighted by Gasteiger charge is 2.24. The molecule has 1 unspecified atom stereocenters. The minimum Gasteiger partial charge on any atom is -0.326 e. The summed E-state index contributed by atoms with van der Waals surface area (Å²) >= 11 is 4.30. The van der Waals surface area contributed by atoms with Gasteiger partial charge in [-0.05, 0) is 19.4 Å². The molecule has 0 saturated carbocycles. The van der Waals surface area contributed by atoms with Gasteiger partial charge in [-0.25, -0.2) is 0 Å². The van der Waals surface area contributed by atoms with Crippen LogP contribution >= 0.6 is 12.6 Å². The van der Waals surface area contributed by atoms with Crippen LogP contribution in [0.5, 0.6) is 0 Å². The second-order valence-electron chi connectivity index (χ2n) is 3.42. The quantitative estimate of drug-likeness (QED) is 0.704. The third-order valence-electron chi connectivity index (χ3n) is 2.42. The van der Waals surface area contributed by atoms with E-state index in [1.807, 2.05) is 6.92 Å². The van der Waals surface area contributed by atoms with Gasteiger partial charge < -0.3 is 4.90 Å². The van der Waals surface area contributed by atoms with Crippen molar-refractivity contribution < 1.29 is 4.79 Å². The predicted molar refractivity (Wildman–Crippen MR) is 56.3 cm³/mol. The zero-order valence-electron chi connectivity index (χ0n) is 8.05. The van der Waals surface area contributed by atoms with Gasteiger partial charge in [0.25, 0.3) is 5.91 Å². The van der Waals surface area contributed by atoms with E-state index in [4.69, 9.17) is 0 Å². The van der Waals surface area contributed by atoms with E-state index in [9.17, 15) is 4.79 Å². The lowest BCUT2D eigenvalue weighted by atomic mass is 10.3. The molecule has 2 heterocycles. The summed E-state index contributed by atoms with van der Waals surface area (Å²) < 4.78 is 1.76. The zero-order chi connectivity index (χ0) is 10.1. The molecule has 4 nitrogen and oxygen atoms in total. The van der Waals surface area contributed by atoms with E-state index >= 15 is 0 Å². The Morgan fingerprint density at radius 3 is 3.07 bits per heavy atom. The Balaban J connectivity index is 2.34. The number of carbonyl (C=O) groups excluding carboxylic acids is 1. The van der Waals surface area contributed by atoms with Crippen molar-refractivity contribution in [1.82, 2.24) is 14.7 Å². The molecule has 0 N–H and O–H groups in total. The molecule has 5 heteroatoms. The standard InChI is InChI=1S/C9H13N3OS/c1-7(14)11-5-2-6-12-8(9(11)13)3-4-10-12/h3-4,7,14H,2,5-6H2,1H3. The van der Waals surface area contributed by atoms with Gasteiger partial charge in [0, 0.05) is 19.3 Å². The van der Waals surface area contributed by atoms with Crippen molar-refractivity contribution in [3.63, 3.8) is 0 Å². The maximum atomic E-state index is 12.0. The van der Waals surface area contributed by atoms with Gasteiger partial charge in [-0.3, -0.25) is 9.48 Å². The van der Waals surface area contributed by atoms with Crippen LogP contribution in [0, 0.1) is 0 Å². The van der Waals surface area contributed by atoms with Crippen molar-refractivity contribution in [2.24, 2.45) is 0 Å². The topological polar surface area (TPSA) is 38.1 Å². The lowest BCUT2D eigenvalue weighted by molar-refractivity contribution is 0.0750. The number of nitrogens with zero attached hydrogens (tertiary/aromatic N) is 3. The van der Waals surface area contributed by atoms with Crippen LogP contribution in [-0.4, -0.2) is 32.5 Å². The number of rotatable bonds is 1. The maximum absolute atomic E-state index is 12.0. The van der Waals surface area contributed by atoms with Gasteiger partial charge in [-0.15, -0.1) is 0 Å². The zero-order valence-corrected chi connectivity index (χ0v) is 8.94. The minimum absolute atomic E-state index is 0.0301. The molecule has 1 atom stereocenters. The van der Waals surface area contributed by atoms with E-state index in [1.165, 1.54) is 0 Å². The summed E-state index contributed by atoms with van der Waals surface area (Å²) in [5.41, 5.74) is 0.670. The Bertz CT molecular complexity index is 348. The van der Waals surface area contributed by atoms with Crippen LogP contribution in [0.15, 0.2) is 12.3 Å². The molecule has 2 rings (SSSR count). The first-order chi connectivity index (χ1) is 6.70. The normalized spacial score (nSPS) is 19.0. The SMILES string of the molecule is CC(S)N1CCCn2nccc2C1=O. The summed E-state index contributed by atoms with van der Waals surface area (Å²) in [7, 11) is 0. The molecule has 1 aromatic heterocycles. The number of aryl methyl sites for hydroxylation is 1. The third-order valence-corrected chi connectivity index (χ3v) is 2.70. The molecule has 1 amide bonds. The Hall–Kier alpha value is -0.970. The Labute approximate surface area is 88.3 Å². The van der Waals surface area contributed by atoms with Gasteiger partial charge in [0.05, 0.1) is 5.37 Å². The molecule has 0 fully saturated rings. The van der Waals surface area contributed by atoms with Crippen molar-refractivity contribution in [2.45, 2.75) is 25.3 Å². The first-order valence-corrected chi connectivity index (χ1v) is 5.22. The summed E-state index contributed by atoms with van der Waals surface area (Å²) in [6.07, 6.45) is 2.60. The van der Waals surface area contributed by atoms with Crippen LogP contribution in [0.4, 0.5) is 0 Å². The van der Waals surface area contributed by atoms with E-state index in [0.29, 0.717) is 5.69 Å². The van der Waals surface area contributed by atoms with E-state index < -0.39 is 0 Å². The lowest BCUT2D eigenvalue weighted by Crippen LogP contribution is -2.35. The molecule has 0 aromatic carbocycles. The summed E-state index contributed by atoms with van der Waals surface area (Å²) in [5, 5.41) is 4.07. The van der Waals surface area contributed by atoms with Crippen molar-refractivity contribution in [3.05, 3.63) is 18.0 Å². The monoisotopic (exact) mass is 211 g/mol. The fourth-order valence-electron chi connectivity index (χ4n) is 1.69. The third kappa shape index (κ3) is 1.52. The predicted octanol–water partition coefficient (Wildman–Crippen LogP) is 1.00. The average molecular weight is 211 g/mol. The van der Waals surface area contributed by atoms with Crippen LogP contribution in [0.3, 0.4) is 0 Å². The Kier molecular flexibility index (Phi) is 2.50. The Morgan fingerprint density at radius 2 is 2.36 bits per heavy atom. The molecular weight excluding hydrogens is 198 g/mol. The van der Waals surface area contributed by atoms with Gasteiger partial charge in [-0.2, -0.15) is 17.7 Å². The van der Waals surface area contributed by atoms with E-state index in [1.54, 1.807) is 21.8 Å². The van der Waals surface area contributed by atoms with Crippen molar-refractivity contribution >= 4 is 18.5 Å². The molecule has 1 aliphatic rings. The van der Waals surface area contributed by atoms with Crippen LogP contribution in [0.1, 0.15) is 23.8 Å². The minimum atomic E-state index is -0.0380. The summed E-state index contributed by atoms with van der Waals surface area (Å²) in [4.78, 5) is 13.7. The highest BCUT2D eigenvalue weighted by molar-refractivity contribution is 7.80. The molecule has 0 aliphatic carbocycles. The van der Waals surface area contributed by atoms with Crippen LogP contribution < -0.4 is 0 Å². The number of fused-ring (bicyclic) bond motifs is 1. The second-order valence-corrected chi connectivity index (χ2v) is 4.17. The van der Waals surface area contributed by atoms with E-state index in [2.05, 4.69) is 17.7 Å². The molecular formula is C9H13N3OS. The number of amides is 1. The molecule has 1 aromatic rings. The summed E-state index contributed by atoms with van der Waals surface area (Å²) in [6.45, 7) is 3.48. The maximum Gasteiger partial charge on any atom is 0.273 e. The summed E-state index contributed by atoms with van der Waals surface area (Å²) in [6, 6.07) is 1.76. The van der Waals surface area contributed by atoms with Gasteiger partial charge in [0.15, 0.2) is 0 Å². The number of thiol groups is 1. The highest BCUT2D eigenvalue weighted by atomic mass is 32.1. The van der Waals surface area contributed by atoms with Gasteiger partial charge in [0.2, 0.25) is 0 Å². The fourth-order valence-corrected chi connectivity index (χ4v) is 1.91. The van der Waals surface area contributed by atoms with Crippen molar-refractivity contribution in [1.29, 1.82) is 0 Å². The Morgan fingerprint density at radius 1 is 1.57 bits per heavy atom. The highest BCUT2D eigenvalue weighted by Crippen LogP contribution is 2.15. The fraction of sp³-hybridized carbons (Fsp3) is 0.556. The number of aromatic nitrogens is 2. The largest absolute Gasteiger partial charge is 0.326 e. The molecule has 0 radical (unpaired) electrons. The second kappa shape index (κ2) is 3.65. The lowest BCUT2D eigenvalue weighted by Gasteiger charge is -2.23. The van der Waals surface area contributed by atoms with E-state index in [-0.39, 0.29) is 11.3 Å². The van der Waals surface area contributed by atoms with Crippen LogP contribution in [0.2, 0.25) is 0 Å². The number of carbonyl (C=O) groups is 1. The summed E-state index contributed by atoms with van der Waals surface area (Å²) in [5.74, 6) is 0.0301. The van der Waals surface area contributed by atoms with Gasteiger partial charge in [0.1, 0.15) is 5.69 Å². The molecule has 14 heavy (non-hydrogen) atoms. The van der Waals surface area contributed by atoms with Crippen molar-refractivity contribution in [3.8, 4) is 0 Å². The molecule has 76 valence electrons.